The summed E-state index contributed by atoms with van der Waals surface area (Å²) in [5.74, 6) is 1.32. The number of carbonyl (C=O) groups excluding carboxylic acids is 1. The molecule has 0 spiro atoms. The monoisotopic (exact) mass is 579 g/mol. The van der Waals surface area contributed by atoms with Crippen molar-refractivity contribution in [1.29, 1.82) is 0 Å². The van der Waals surface area contributed by atoms with Crippen molar-refractivity contribution in [2.24, 2.45) is 11.7 Å². The van der Waals surface area contributed by atoms with Crippen molar-refractivity contribution in [2.45, 2.75) is 90.7 Å². The van der Waals surface area contributed by atoms with Crippen molar-refractivity contribution in [3.05, 3.63) is 71.4 Å². The van der Waals surface area contributed by atoms with E-state index >= 15 is 0 Å². The Morgan fingerprint density at radius 3 is 2.45 bits per heavy atom. The third kappa shape index (κ3) is 12.5. The van der Waals surface area contributed by atoms with E-state index in [9.17, 15) is 9.90 Å². The quantitative estimate of drug-likeness (QED) is 0.194. The van der Waals surface area contributed by atoms with E-state index in [1.165, 1.54) is 19.3 Å². The van der Waals surface area contributed by atoms with Crippen LogP contribution in [-0.2, 0) is 28.8 Å². The number of nitrogens with one attached hydrogen (secondary N) is 1. The maximum atomic E-state index is 12.6. The number of phenols is 1. The molecule has 4 N–H and O–H groups in total. The molecule has 42 heavy (non-hydrogen) atoms. The maximum absolute atomic E-state index is 12.6. The van der Waals surface area contributed by atoms with Gasteiger partial charge in [0.2, 0.25) is 5.91 Å². The topological polar surface area (TPSA) is 97.1 Å². The Kier molecular flexibility index (Phi) is 14.2. The van der Waals surface area contributed by atoms with Crippen LogP contribution < -0.4 is 15.8 Å². The number of ether oxygens (including phenoxy) is 2. The Hall–Kier alpha value is -3.03. The number of phenolic OH excluding ortho intramolecular Hbond substituents is 1. The van der Waals surface area contributed by atoms with Crippen LogP contribution in [0.15, 0.2) is 54.7 Å². The number of aromatic hydroxyl groups is 1. The number of hydrogen-bond donors (Lipinski definition) is 3. The van der Waals surface area contributed by atoms with Crippen molar-refractivity contribution in [2.75, 3.05) is 32.8 Å². The summed E-state index contributed by atoms with van der Waals surface area (Å²) < 4.78 is 12.0. The van der Waals surface area contributed by atoms with Gasteiger partial charge in [0.25, 0.3) is 0 Å². The number of nitrogens with two attached hydrogens (primary N) is 1. The molecule has 1 atom stereocenters. The lowest BCUT2D eigenvalue weighted by Crippen LogP contribution is -2.38. The molecule has 1 unspecified atom stereocenters. The van der Waals surface area contributed by atoms with Gasteiger partial charge in [0.1, 0.15) is 11.5 Å². The predicted molar refractivity (Wildman–Crippen MR) is 171 cm³/mol. The number of amides is 1. The molecule has 1 saturated carbocycles. The van der Waals surface area contributed by atoms with Crippen molar-refractivity contribution in [1.82, 2.24) is 10.2 Å². The van der Waals surface area contributed by atoms with E-state index < -0.39 is 0 Å². The Morgan fingerprint density at radius 1 is 1.07 bits per heavy atom. The van der Waals surface area contributed by atoms with Gasteiger partial charge in [-0.2, -0.15) is 0 Å². The Morgan fingerprint density at radius 2 is 1.79 bits per heavy atom. The highest BCUT2D eigenvalue weighted by Gasteiger charge is 2.16. The van der Waals surface area contributed by atoms with Crippen LogP contribution in [0.5, 0.6) is 11.5 Å². The second-order valence-electron chi connectivity index (χ2n) is 12.2. The molecule has 0 radical (unpaired) electrons. The minimum absolute atomic E-state index is 0.0710. The summed E-state index contributed by atoms with van der Waals surface area (Å²) in [6, 6.07) is 14.0. The molecule has 232 valence electrons. The number of nitrogens with zero attached hydrogens (tertiary/aromatic N) is 1. The average molecular weight is 580 g/mol. The van der Waals surface area contributed by atoms with Crippen molar-refractivity contribution < 1.29 is 19.4 Å². The molecule has 1 aliphatic rings. The zero-order chi connectivity index (χ0) is 30.3. The molecule has 0 bridgehead atoms. The molecular formula is C35H53N3O4. The maximum Gasteiger partial charge on any atom is 0.224 e. The van der Waals surface area contributed by atoms with Crippen LogP contribution in [0.25, 0.3) is 0 Å². The lowest BCUT2D eigenvalue weighted by atomic mass is 9.98. The number of benzene rings is 2. The van der Waals surface area contributed by atoms with Crippen LogP contribution in [0.2, 0.25) is 0 Å². The molecule has 0 saturated heterocycles. The van der Waals surface area contributed by atoms with E-state index in [1.807, 2.05) is 36.4 Å². The van der Waals surface area contributed by atoms with Crippen LogP contribution in [0.4, 0.5) is 0 Å². The fourth-order valence-electron chi connectivity index (χ4n) is 5.45. The minimum Gasteiger partial charge on any atom is -0.508 e. The van der Waals surface area contributed by atoms with Gasteiger partial charge in [-0.3, -0.25) is 4.79 Å². The summed E-state index contributed by atoms with van der Waals surface area (Å²) in [5.41, 5.74) is 9.17. The number of hydrogen-bond acceptors (Lipinski definition) is 6. The molecule has 1 aliphatic carbocycles. The summed E-state index contributed by atoms with van der Waals surface area (Å²) in [6.07, 6.45) is 9.02. The highest BCUT2D eigenvalue weighted by molar-refractivity contribution is 5.79. The van der Waals surface area contributed by atoms with Gasteiger partial charge in [-0.05, 0) is 68.9 Å². The van der Waals surface area contributed by atoms with Gasteiger partial charge < -0.3 is 30.5 Å². The largest absolute Gasteiger partial charge is 0.508 e. The van der Waals surface area contributed by atoms with Gasteiger partial charge >= 0.3 is 0 Å². The Balaban J connectivity index is 1.32. The molecule has 0 heterocycles. The van der Waals surface area contributed by atoms with Crippen LogP contribution in [0.3, 0.4) is 0 Å². The summed E-state index contributed by atoms with van der Waals surface area (Å²) >= 11 is 0. The molecule has 0 aliphatic heterocycles. The van der Waals surface area contributed by atoms with Crippen LogP contribution in [-0.4, -0.2) is 60.9 Å². The molecule has 0 aromatic heterocycles. The normalized spacial score (nSPS) is 14.7. The van der Waals surface area contributed by atoms with Crippen molar-refractivity contribution in [3.8, 4) is 11.5 Å². The first-order valence-corrected chi connectivity index (χ1v) is 15.8. The first-order chi connectivity index (χ1) is 20.2. The summed E-state index contributed by atoms with van der Waals surface area (Å²) in [6.45, 7) is 14.1. The standard InChI is InChI=1S/C35H53N3O4/c1-26(2)38(24-27(3)25-42-33-15-12-29(13-16-33)21-28(4)36)19-8-18-37-35(40)23-31-14-11-30(22-34(31)39)17-20-41-32-9-6-5-7-10-32/h11-16,22,26-27,32,39H,4-10,17-21,23-25,36H2,1-3H3,(H,37,40). The van der Waals surface area contributed by atoms with Gasteiger partial charge in [-0.15, -0.1) is 0 Å². The summed E-state index contributed by atoms with van der Waals surface area (Å²) in [5, 5.41) is 13.5. The van der Waals surface area contributed by atoms with E-state index in [4.69, 9.17) is 15.2 Å². The molecule has 1 fully saturated rings. The molecule has 7 nitrogen and oxygen atoms in total. The highest BCUT2D eigenvalue weighted by atomic mass is 16.5. The van der Waals surface area contributed by atoms with Gasteiger partial charge in [-0.25, -0.2) is 0 Å². The van der Waals surface area contributed by atoms with Gasteiger partial charge in [0.05, 0.1) is 25.7 Å². The summed E-state index contributed by atoms with van der Waals surface area (Å²) in [7, 11) is 0. The van der Waals surface area contributed by atoms with Gasteiger partial charge in [0.15, 0.2) is 0 Å². The van der Waals surface area contributed by atoms with E-state index in [0.29, 0.717) is 55.5 Å². The third-order valence-electron chi connectivity index (χ3n) is 7.91. The molecule has 1 amide bonds. The highest BCUT2D eigenvalue weighted by Crippen LogP contribution is 2.22. The van der Waals surface area contributed by atoms with E-state index in [0.717, 1.165) is 55.6 Å². The second kappa shape index (κ2) is 17.8. The fourth-order valence-corrected chi connectivity index (χ4v) is 5.45. The first-order valence-electron chi connectivity index (χ1n) is 15.8. The molecule has 2 aromatic rings. The Labute approximate surface area is 253 Å². The van der Waals surface area contributed by atoms with Crippen molar-refractivity contribution >= 4 is 5.91 Å². The fraction of sp³-hybridized carbons (Fsp3) is 0.571. The van der Waals surface area contributed by atoms with E-state index in [2.05, 4.69) is 37.6 Å². The molecular weight excluding hydrogens is 526 g/mol. The minimum atomic E-state index is -0.0710. The SMILES string of the molecule is C=C(N)Cc1ccc(OCC(C)CN(CCCNC(=O)Cc2ccc(CCOC3CCCCC3)cc2O)C(C)C)cc1. The van der Waals surface area contributed by atoms with Crippen LogP contribution >= 0.6 is 0 Å². The summed E-state index contributed by atoms with van der Waals surface area (Å²) in [4.78, 5) is 15.0. The molecule has 7 heteroatoms. The second-order valence-corrected chi connectivity index (χ2v) is 12.2. The number of allylic oxidation sites excluding steroid dienone is 1. The predicted octanol–water partition coefficient (Wildman–Crippen LogP) is 5.77. The zero-order valence-electron chi connectivity index (χ0n) is 26.1. The zero-order valence-corrected chi connectivity index (χ0v) is 26.1. The van der Waals surface area contributed by atoms with Gasteiger partial charge in [-0.1, -0.05) is 57.0 Å². The number of rotatable bonds is 18. The molecule has 2 aromatic carbocycles. The van der Waals surface area contributed by atoms with E-state index in [-0.39, 0.29) is 18.1 Å². The Bertz CT molecular complexity index is 1100. The van der Waals surface area contributed by atoms with Crippen LogP contribution in [0, 0.1) is 5.92 Å². The smallest absolute Gasteiger partial charge is 0.224 e. The third-order valence-corrected chi connectivity index (χ3v) is 7.91. The number of carbonyl (C=O) groups is 1. The molecule has 3 rings (SSSR count). The van der Waals surface area contributed by atoms with Gasteiger partial charge in [0, 0.05) is 49.3 Å². The lowest BCUT2D eigenvalue weighted by molar-refractivity contribution is -0.120. The van der Waals surface area contributed by atoms with Crippen LogP contribution in [0.1, 0.15) is 76.0 Å². The lowest BCUT2D eigenvalue weighted by Gasteiger charge is -2.29. The average Bonchev–Trinajstić information content (AvgIpc) is 2.96. The first kappa shape index (κ1) is 33.5. The van der Waals surface area contributed by atoms with E-state index in [1.54, 1.807) is 6.07 Å². The van der Waals surface area contributed by atoms with Crippen molar-refractivity contribution in [3.63, 3.8) is 0 Å².